The van der Waals surface area contributed by atoms with Crippen molar-refractivity contribution in [3.8, 4) is 0 Å². The molecule has 2 aromatic carbocycles. The monoisotopic (exact) mass is 371 g/mol. The molecule has 0 radical (unpaired) electrons. The first-order chi connectivity index (χ1) is 12.9. The maximum absolute atomic E-state index is 14.6. The predicted octanol–water partition coefficient (Wildman–Crippen LogP) is 2.97. The van der Waals surface area contributed by atoms with Gasteiger partial charge in [-0.15, -0.1) is 0 Å². The van der Waals surface area contributed by atoms with Gasteiger partial charge < -0.3 is 14.6 Å². The lowest BCUT2D eigenvalue weighted by Crippen LogP contribution is -3.10. The van der Waals surface area contributed by atoms with Gasteiger partial charge in [-0.2, -0.15) is 0 Å². The van der Waals surface area contributed by atoms with E-state index in [0.717, 1.165) is 30.6 Å². The third kappa shape index (κ3) is 3.32. The van der Waals surface area contributed by atoms with Crippen LogP contribution in [0, 0.1) is 11.6 Å². The van der Waals surface area contributed by atoms with Crippen LogP contribution in [0.4, 0.5) is 14.5 Å². The number of furan rings is 1. The summed E-state index contributed by atoms with van der Waals surface area (Å²) >= 11 is 0. The van der Waals surface area contributed by atoms with Crippen molar-refractivity contribution in [2.45, 2.75) is 25.3 Å². The normalized spacial score (nSPS) is 16.6. The average Bonchev–Trinajstić information content (AvgIpc) is 3.01. The Morgan fingerprint density at radius 3 is 2.63 bits per heavy atom. The van der Waals surface area contributed by atoms with Crippen molar-refractivity contribution < 1.29 is 22.9 Å². The summed E-state index contributed by atoms with van der Waals surface area (Å²) in [7, 11) is 4.24. The SMILES string of the molecule is C[NH+](C)C1CCc2oc3c(F)cc(NC(=O)c4ccc(F)cc4)cc3c2C1. The van der Waals surface area contributed by atoms with Crippen molar-refractivity contribution >= 4 is 22.6 Å². The average molecular weight is 371 g/mol. The summed E-state index contributed by atoms with van der Waals surface area (Å²) in [5, 5.41) is 3.41. The number of benzene rings is 2. The molecule has 0 saturated carbocycles. The van der Waals surface area contributed by atoms with Gasteiger partial charge in [0, 0.05) is 47.5 Å². The summed E-state index contributed by atoms with van der Waals surface area (Å²) in [6.07, 6.45) is 2.61. The van der Waals surface area contributed by atoms with E-state index in [0.29, 0.717) is 22.7 Å². The second-order valence-corrected chi connectivity index (χ2v) is 7.32. The van der Waals surface area contributed by atoms with Crippen LogP contribution in [0.5, 0.6) is 0 Å². The Kier molecular flexibility index (Phi) is 4.44. The van der Waals surface area contributed by atoms with Crippen LogP contribution in [0.15, 0.2) is 40.8 Å². The fraction of sp³-hybridized carbons (Fsp3) is 0.286. The molecular formula is C21H21F2N2O2+. The van der Waals surface area contributed by atoms with E-state index in [1.54, 1.807) is 6.07 Å². The lowest BCUT2D eigenvalue weighted by Gasteiger charge is -2.24. The van der Waals surface area contributed by atoms with Crippen LogP contribution in [0.1, 0.15) is 28.1 Å². The lowest BCUT2D eigenvalue weighted by atomic mass is 9.91. The maximum Gasteiger partial charge on any atom is 0.255 e. The molecule has 0 bridgehead atoms. The molecule has 0 aliphatic heterocycles. The van der Waals surface area contributed by atoms with Crippen LogP contribution >= 0.6 is 0 Å². The van der Waals surface area contributed by atoms with Gasteiger partial charge in [0.25, 0.3) is 5.91 Å². The van der Waals surface area contributed by atoms with Crippen LogP contribution in [-0.2, 0) is 12.8 Å². The molecule has 1 aliphatic carbocycles. The van der Waals surface area contributed by atoms with Crippen molar-refractivity contribution in [1.82, 2.24) is 0 Å². The van der Waals surface area contributed by atoms with E-state index in [1.807, 2.05) is 0 Å². The van der Waals surface area contributed by atoms with Gasteiger partial charge in [0.2, 0.25) is 0 Å². The van der Waals surface area contributed by atoms with E-state index in [4.69, 9.17) is 4.42 Å². The Morgan fingerprint density at radius 2 is 1.93 bits per heavy atom. The van der Waals surface area contributed by atoms with Crippen molar-refractivity contribution in [3.63, 3.8) is 0 Å². The molecule has 0 saturated heterocycles. The Bertz CT molecular complexity index is 1010. The highest BCUT2D eigenvalue weighted by Crippen LogP contribution is 2.35. The molecule has 3 aromatic rings. The van der Waals surface area contributed by atoms with Crippen LogP contribution in [-0.4, -0.2) is 26.0 Å². The number of likely N-dealkylation sites (N-methyl/N-ethyl adjacent to an activating group) is 1. The summed E-state index contributed by atoms with van der Waals surface area (Å²) in [6, 6.07) is 8.69. The topological polar surface area (TPSA) is 46.7 Å². The maximum atomic E-state index is 14.6. The molecule has 4 nitrogen and oxygen atoms in total. The molecule has 1 heterocycles. The lowest BCUT2D eigenvalue weighted by molar-refractivity contribution is -0.886. The van der Waals surface area contributed by atoms with Gasteiger partial charge in [0.15, 0.2) is 11.4 Å². The highest BCUT2D eigenvalue weighted by molar-refractivity contribution is 6.05. The third-order valence-corrected chi connectivity index (χ3v) is 5.28. The fourth-order valence-corrected chi connectivity index (χ4v) is 3.71. The van der Waals surface area contributed by atoms with E-state index in [9.17, 15) is 13.6 Å². The van der Waals surface area contributed by atoms with E-state index >= 15 is 0 Å². The van der Waals surface area contributed by atoms with E-state index in [-0.39, 0.29) is 5.58 Å². The number of carbonyl (C=O) groups is 1. The molecule has 140 valence electrons. The largest absolute Gasteiger partial charge is 0.458 e. The summed E-state index contributed by atoms with van der Waals surface area (Å²) in [5.74, 6) is -0.489. The van der Waals surface area contributed by atoms with Crippen molar-refractivity contribution in [1.29, 1.82) is 0 Å². The summed E-state index contributed by atoms with van der Waals surface area (Å²) < 4.78 is 33.4. The van der Waals surface area contributed by atoms with Crippen LogP contribution in [0.2, 0.25) is 0 Å². The van der Waals surface area contributed by atoms with Crippen LogP contribution in [0.3, 0.4) is 0 Å². The number of anilines is 1. The molecule has 1 atom stereocenters. The van der Waals surface area contributed by atoms with Crippen molar-refractivity contribution in [2.75, 3.05) is 19.4 Å². The number of aryl methyl sites for hydroxylation is 1. The van der Waals surface area contributed by atoms with Gasteiger partial charge in [-0.25, -0.2) is 8.78 Å². The molecular weight excluding hydrogens is 350 g/mol. The Labute approximate surface area is 155 Å². The van der Waals surface area contributed by atoms with Gasteiger partial charge in [-0.05, 0) is 30.3 Å². The number of fused-ring (bicyclic) bond motifs is 3. The zero-order valence-electron chi connectivity index (χ0n) is 15.2. The molecule has 1 amide bonds. The second kappa shape index (κ2) is 6.78. The number of halogens is 2. The summed E-state index contributed by atoms with van der Waals surface area (Å²) in [6.45, 7) is 0. The van der Waals surface area contributed by atoms with Crippen molar-refractivity contribution in [3.05, 3.63) is 64.9 Å². The first-order valence-electron chi connectivity index (χ1n) is 9.03. The second-order valence-electron chi connectivity index (χ2n) is 7.32. The van der Waals surface area contributed by atoms with Crippen LogP contribution in [0.25, 0.3) is 11.0 Å². The number of rotatable bonds is 3. The Hall–Kier alpha value is -2.73. The number of quaternary nitrogens is 1. The quantitative estimate of drug-likeness (QED) is 0.744. The molecule has 4 rings (SSSR count). The fourth-order valence-electron chi connectivity index (χ4n) is 3.71. The van der Waals surface area contributed by atoms with E-state index in [2.05, 4.69) is 19.4 Å². The van der Waals surface area contributed by atoms with Crippen LogP contribution < -0.4 is 10.2 Å². The third-order valence-electron chi connectivity index (χ3n) is 5.28. The minimum absolute atomic E-state index is 0.245. The minimum atomic E-state index is -0.495. The molecule has 0 fully saturated rings. The number of carbonyl (C=O) groups excluding carboxylic acids is 1. The van der Waals surface area contributed by atoms with Gasteiger partial charge in [-0.1, -0.05) is 0 Å². The van der Waals surface area contributed by atoms with Gasteiger partial charge in [0.05, 0.1) is 20.1 Å². The first kappa shape index (κ1) is 17.7. The number of hydrogen-bond acceptors (Lipinski definition) is 2. The number of amides is 1. The molecule has 6 heteroatoms. The predicted molar refractivity (Wildman–Crippen MR) is 99.1 cm³/mol. The first-order valence-corrected chi connectivity index (χ1v) is 9.03. The number of hydrogen-bond donors (Lipinski definition) is 2. The summed E-state index contributed by atoms with van der Waals surface area (Å²) in [5.41, 5.74) is 1.94. The molecule has 1 unspecified atom stereocenters. The minimum Gasteiger partial charge on any atom is -0.458 e. The summed E-state index contributed by atoms with van der Waals surface area (Å²) in [4.78, 5) is 13.7. The van der Waals surface area contributed by atoms with Gasteiger partial charge >= 0.3 is 0 Å². The van der Waals surface area contributed by atoms with Gasteiger partial charge in [0.1, 0.15) is 11.6 Å². The molecule has 1 aliphatic rings. The molecule has 0 spiro atoms. The smallest absolute Gasteiger partial charge is 0.255 e. The zero-order chi connectivity index (χ0) is 19.1. The van der Waals surface area contributed by atoms with Gasteiger partial charge in [-0.3, -0.25) is 4.79 Å². The molecule has 2 N–H and O–H groups in total. The standard InChI is InChI=1S/C21H20F2N2O2/c1-25(2)15-7-8-19-16(11-15)17-9-14(10-18(23)20(17)27-19)24-21(26)12-3-5-13(22)6-4-12/h3-6,9-10,15H,7-8,11H2,1-2H3,(H,24,26)/p+1. The highest BCUT2D eigenvalue weighted by Gasteiger charge is 2.29. The highest BCUT2D eigenvalue weighted by atomic mass is 19.1. The van der Waals surface area contributed by atoms with E-state index < -0.39 is 17.5 Å². The van der Waals surface area contributed by atoms with Crippen molar-refractivity contribution in [2.24, 2.45) is 0 Å². The Morgan fingerprint density at radius 1 is 1.19 bits per heavy atom. The van der Waals surface area contributed by atoms with E-state index in [1.165, 1.54) is 35.2 Å². The Balaban J connectivity index is 1.68. The number of nitrogens with one attached hydrogen (secondary N) is 2. The molecule has 27 heavy (non-hydrogen) atoms. The molecule has 1 aromatic heterocycles. The zero-order valence-corrected chi connectivity index (χ0v) is 15.2.